The van der Waals surface area contributed by atoms with Gasteiger partial charge < -0.3 is 13.9 Å². The van der Waals surface area contributed by atoms with Gasteiger partial charge in [0.25, 0.3) is 0 Å². The summed E-state index contributed by atoms with van der Waals surface area (Å²) in [6.07, 6.45) is 2.69. The number of rotatable bonds is 8. The van der Waals surface area contributed by atoms with E-state index in [2.05, 4.69) is 18.8 Å². The summed E-state index contributed by atoms with van der Waals surface area (Å²) in [4.78, 5) is 35.5. The smallest absolute Gasteiger partial charge is 0.338 e. The summed E-state index contributed by atoms with van der Waals surface area (Å²) in [6, 6.07) is 14.3. The Morgan fingerprint density at radius 2 is 1.71 bits per heavy atom. The number of esters is 1. The standard InChI is InChI=1S/C25H22O6/c1-2-3-4-5-6-22(26)18-7-9-20(10-8-18)25(28)30-16-15-29-21-13-11-19-12-14-24(27)31-23(19)17-21/h7-14,17H,2-4,15-16H2,1H3. The van der Waals surface area contributed by atoms with Crippen molar-refractivity contribution in [2.75, 3.05) is 13.2 Å². The SMILES string of the molecule is CCCCC#CC(=O)c1ccc(C(=O)OCCOc2ccc3ccc(=O)oc3c2)cc1. The Balaban J connectivity index is 1.47. The lowest BCUT2D eigenvalue weighted by Crippen LogP contribution is -2.12. The predicted molar refractivity (Wildman–Crippen MR) is 116 cm³/mol. The second-order valence-electron chi connectivity index (χ2n) is 6.75. The zero-order chi connectivity index (χ0) is 22.1. The van der Waals surface area contributed by atoms with Crippen molar-refractivity contribution in [3.05, 3.63) is 76.1 Å². The van der Waals surface area contributed by atoms with Crippen molar-refractivity contribution >= 4 is 22.7 Å². The third-order valence-electron chi connectivity index (χ3n) is 4.42. The first-order chi connectivity index (χ1) is 15.1. The maximum absolute atomic E-state index is 12.2. The summed E-state index contributed by atoms with van der Waals surface area (Å²) < 4.78 is 15.9. The molecule has 0 bridgehead atoms. The lowest BCUT2D eigenvalue weighted by atomic mass is 10.1. The van der Waals surface area contributed by atoms with Gasteiger partial charge in [-0.15, -0.1) is 0 Å². The molecule has 6 nitrogen and oxygen atoms in total. The van der Waals surface area contributed by atoms with Crippen LogP contribution in [0.4, 0.5) is 0 Å². The summed E-state index contributed by atoms with van der Waals surface area (Å²) in [7, 11) is 0. The third-order valence-corrected chi connectivity index (χ3v) is 4.42. The van der Waals surface area contributed by atoms with Crippen molar-refractivity contribution < 1.29 is 23.5 Å². The molecule has 3 aromatic rings. The van der Waals surface area contributed by atoms with Crippen LogP contribution in [0, 0.1) is 11.8 Å². The molecule has 3 rings (SSSR count). The van der Waals surface area contributed by atoms with Crippen LogP contribution < -0.4 is 10.4 Å². The van der Waals surface area contributed by atoms with Gasteiger partial charge in [-0.2, -0.15) is 0 Å². The summed E-state index contributed by atoms with van der Waals surface area (Å²) in [6.45, 7) is 2.24. The molecule has 0 saturated carbocycles. The zero-order valence-electron chi connectivity index (χ0n) is 17.2. The van der Waals surface area contributed by atoms with E-state index < -0.39 is 11.6 Å². The first-order valence-corrected chi connectivity index (χ1v) is 10.0. The topological polar surface area (TPSA) is 82.8 Å². The van der Waals surface area contributed by atoms with Crippen LogP contribution in [0.15, 0.2) is 63.8 Å². The van der Waals surface area contributed by atoms with Crippen LogP contribution in [0.5, 0.6) is 5.75 Å². The molecule has 0 spiro atoms. The fraction of sp³-hybridized carbons (Fsp3) is 0.240. The Hall–Kier alpha value is -3.85. The van der Waals surface area contributed by atoms with E-state index in [1.807, 2.05) is 0 Å². The molecule has 0 aliphatic rings. The van der Waals surface area contributed by atoms with Crippen LogP contribution in [0.1, 0.15) is 46.9 Å². The Morgan fingerprint density at radius 3 is 2.48 bits per heavy atom. The minimum absolute atomic E-state index is 0.0409. The number of unbranched alkanes of at least 4 members (excludes halogenated alkanes) is 2. The number of ether oxygens (including phenoxy) is 2. The van der Waals surface area contributed by atoms with Crippen LogP contribution in [0.3, 0.4) is 0 Å². The molecule has 158 valence electrons. The van der Waals surface area contributed by atoms with Gasteiger partial charge in [0.15, 0.2) is 0 Å². The molecule has 0 atom stereocenters. The molecule has 2 aromatic carbocycles. The fourth-order valence-electron chi connectivity index (χ4n) is 2.75. The molecule has 0 radical (unpaired) electrons. The normalized spacial score (nSPS) is 10.2. The Labute approximate surface area is 179 Å². The minimum atomic E-state index is -0.513. The molecule has 31 heavy (non-hydrogen) atoms. The average molecular weight is 418 g/mol. The molecule has 0 saturated heterocycles. The molecule has 0 N–H and O–H groups in total. The molecule has 0 amide bonds. The Kier molecular flexibility index (Phi) is 7.61. The van der Waals surface area contributed by atoms with Crippen molar-refractivity contribution in [1.82, 2.24) is 0 Å². The first kappa shape index (κ1) is 21.8. The highest BCUT2D eigenvalue weighted by molar-refractivity contribution is 6.09. The number of fused-ring (bicyclic) bond motifs is 1. The van der Waals surface area contributed by atoms with Gasteiger partial charge in [0.2, 0.25) is 5.78 Å². The van der Waals surface area contributed by atoms with Crippen molar-refractivity contribution in [2.45, 2.75) is 26.2 Å². The molecule has 6 heteroatoms. The zero-order valence-corrected chi connectivity index (χ0v) is 17.2. The van der Waals surface area contributed by atoms with Gasteiger partial charge in [0.1, 0.15) is 24.5 Å². The summed E-state index contributed by atoms with van der Waals surface area (Å²) in [5, 5.41) is 0.784. The molecule has 0 fully saturated rings. The number of benzene rings is 2. The molecular weight excluding hydrogens is 396 g/mol. The van der Waals surface area contributed by atoms with Gasteiger partial charge in [-0.25, -0.2) is 9.59 Å². The number of ketones is 1. The van der Waals surface area contributed by atoms with Crippen molar-refractivity contribution in [3.8, 4) is 17.6 Å². The van der Waals surface area contributed by atoms with Crippen LogP contribution in [-0.2, 0) is 4.74 Å². The van der Waals surface area contributed by atoms with E-state index in [1.54, 1.807) is 36.4 Å². The monoisotopic (exact) mass is 418 g/mol. The molecular formula is C25H22O6. The second kappa shape index (κ2) is 10.8. The highest BCUT2D eigenvalue weighted by Gasteiger charge is 2.09. The van der Waals surface area contributed by atoms with E-state index in [0.717, 1.165) is 18.2 Å². The lowest BCUT2D eigenvalue weighted by Gasteiger charge is -2.08. The second-order valence-corrected chi connectivity index (χ2v) is 6.75. The molecule has 0 aliphatic carbocycles. The van der Waals surface area contributed by atoms with E-state index in [4.69, 9.17) is 13.9 Å². The van der Waals surface area contributed by atoms with E-state index in [0.29, 0.717) is 28.9 Å². The van der Waals surface area contributed by atoms with E-state index in [9.17, 15) is 14.4 Å². The number of hydrogen-bond donors (Lipinski definition) is 0. The number of carbonyl (C=O) groups excluding carboxylic acids is 2. The quantitative estimate of drug-likeness (QED) is 0.135. The highest BCUT2D eigenvalue weighted by Crippen LogP contribution is 2.19. The van der Waals surface area contributed by atoms with Gasteiger partial charge in [-0.1, -0.05) is 19.3 Å². The predicted octanol–water partition coefficient (Wildman–Crippen LogP) is 4.41. The van der Waals surface area contributed by atoms with Crippen molar-refractivity contribution in [2.24, 2.45) is 0 Å². The molecule has 0 aliphatic heterocycles. The van der Waals surface area contributed by atoms with Gasteiger partial charge in [-0.05, 0) is 54.8 Å². The fourth-order valence-corrected chi connectivity index (χ4v) is 2.75. The van der Waals surface area contributed by atoms with Gasteiger partial charge >= 0.3 is 11.6 Å². The average Bonchev–Trinajstić information content (AvgIpc) is 2.79. The van der Waals surface area contributed by atoms with Crippen molar-refractivity contribution in [1.29, 1.82) is 0 Å². The van der Waals surface area contributed by atoms with Gasteiger partial charge in [0, 0.05) is 29.5 Å². The van der Waals surface area contributed by atoms with Crippen LogP contribution in [-0.4, -0.2) is 25.0 Å². The van der Waals surface area contributed by atoms with Crippen molar-refractivity contribution in [3.63, 3.8) is 0 Å². The number of hydrogen-bond acceptors (Lipinski definition) is 6. The largest absolute Gasteiger partial charge is 0.490 e. The highest BCUT2D eigenvalue weighted by atomic mass is 16.6. The molecule has 0 unspecified atom stereocenters. The minimum Gasteiger partial charge on any atom is -0.490 e. The van der Waals surface area contributed by atoms with E-state index >= 15 is 0 Å². The maximum Gasteiger partial charge on any atom is 0.338 e. The Morgan fingerprint density at radius 1 is 0.968 bits per heavy atom. The first-order valence-electron chi connectivity index (χ1n) is 10.0. The van der Waals surface area contributed by atoms with Crippen LogP contribution in [0.25, 0.3) is 11.0 Å². The molecule has 1 heterocycles. The summed E-state index contributed by atoms with van der Waals surface area (Å²) >= 11 is 0. The Bertz CT molecular complexity index is 1180. The third kappa shape index (κ3) is 6.31. The molecule has 1 aromatic heterocycles. The summed E-state index contributed by atoms with van der Waals surface area (Å²) in [5.74, 6) is 5.18. The van der Waals surface area contributed by atoms with Crippen LogP contribution >= 0.6 is 0 Å². The number of Topliss-reactive ketones (excluding diaryl/α,β-unsaturated/α-hetero) is 1. The van der Waals surface area contributed by atoms with Gasteiger partial charge in [0.05, 0.1) is 5.56 Å². The lowest BCUT2D eigenvalue weighted by molar-refractivity contribution is 0.0450. The van der Waals surface area contributed by atoms with E-state index in [1.165, 1.54) is 18.2 Å². The number of carbonyl (C=O) groups is 2. The van der Waals surface area contributed by atoms with E-state index in [-0.39, 0.29) is 19.0 Å². The maximum atomic E-state index is 12.2. The van der Waals surface area contributed by atoms with Crippen LogP contribution in [0.2, 0.25) is 0 Å². The summed E-state index contributed by atoms with van der Waals surface area (Å²) in [5.41, 5.74) is 0.760. The van der Waals surface area contributed by atoms with Gasteiger partial charge in [-0.3, -0.25) is 4.79 Å².